The number of piperidine rings is 1. The fourth-order valence-corrected chi connectivity index (χ4v) is 2.93. The molecule has 2 heterocycles. The Kier molecular flexibility index (Phi) is 4.80. The first-order valence-corrected chi connectivity index (χ1v) is 7.00. The van der Waals surface area contributed by atoms with Crippen molar-refractivity contribution in [1.82, 2.24) is 9.80 Å². The summed E-state index contributed by atoms with van der Waals surface area (Å²) >= 11 is 0. The molecule has 4 nitrogen and oxygen atoms in total. The van der Waals surface area contributed by atoms with Gasteiger partial charge in [-0.2, -0.15) is 0 Å². The highest BCUT2D eigenvalue weighted by atomic mass is 16.2. The maximum atomic E-state index is 12.0. The van der Waals surface area contributed by atoms with Crippen LogP contribution in [0.15, 0.2) is 0 Å². The number of hydrogen-bond acceptors (Lipinski definition) is 3. The van der Waals surface area contributed by atoms with E-state index in [0.29, 0.717) is 12.5 Å². The van der Waals surface area contributed by atoms with Crippen LogP contribution in [-0.4, -0.2) is 55.0 Å². The Morgan fingerprint density at radius 1 is 1.12 bits per heavy atom. The van der Waals surface area contributed by atoms with Crippen LogP contribution in [0, 0.1) is 5.92 Å². The molecule has 2 aliphatic heterocycles. The molecule has 1 amide bonds. The summed E-state index contributed by atoms with van der Waals surface area (Å²) in [6.07, 6.45) is 5.94. The van der Waals surface area contributed by atoms with Crippen molar-refractivity contribution in [1.29, 1.82) is 0 Å². The van der Waals surface area contributed by atoms with Gasteiger partial charge in [0.2, 0.25) is 5.91 Å². The monoisotopic (exact) mass is 239 g/mol. The Hall–Kier alpha value is -0.610. The van der Waals surface area contributed by atoms with Crippen molar-refractivity contribution >= 4 is 5.91 Å². The first kappa shape index (κ1) is 12.8. The SMILES string of the molecule is NCCC1CCN(CC(=O)N2CCCC2)CC1. The second-order valence-corrected chi connectivity index (χ2v) is 5.38. The zero-order valence-electron chi connectivity index (χ0n) is 10.7. The highest BCUT2D eigenvalue weighted by Crippen LogP contribution is 2.20. The standard InChI is InChI=1S/C13H25N3O/c14-6-3-12-4-9-15(10-5-12)11-13(17)16-7-1-2-8-16/h12H,1-11,14H2. The average Bonchev–Trinajstić information content (AvgIpc) is 2.86. The number of carbonyl (C=O) groups is 1. The van der Waals surface area contributed by atoms with E-state index in [0.717, 1.165) is 45.1 Å². The van der Waals surface area contributed by atoms with Crippen molar-refractivity contribution < 1.29 is 4.79 Å². The van der Waals surface area contributed by atoms with Gasteiger partial charge in [0.15, 0.2) is 0 Å². The number of nitrogens with two attached hydrogens (primary N) is 1. The van der Waals surface area contributed by atoms with Crippen LogP contribution in [0.3, 0.4) is 0 Å². The molecule has 4 heteroatoms. The van der Waals surface area contributed by atoms with Crippen LogP contribution in [0.1, 0.15) is 32.1 Å². The normalized spacial score (nSPS) is 23.2. The summed E-state index contributed by atoms with van der Waals surface area (Å²) in [6, 6.07) is 0. The van der Waals surface area contributed by atoms with Gasteiger partial charge >= 0.3 is 0 Å². The molecule has 0 bridgehead atoms. The molecule has 0 aromatic heterocycles. The van der Waals surface area contributed by atoms with E-state index in [-0.39, 0.29) is 0 Å². The van der Waals surface area contributed by atoms with Crippen molar-refractivity contribution in [3.8, 4) is 0 Å². The third-order valence-electron chi connectivity index (χ3n) is 4.10. The molecule has 2 saturated heterocycles. The van der Waals surface area contributed by atoms with Gasteiger partial charge in [0.1, 0.15) is 0 Å². The Bertz CT molecular complexity index is 243. The first-order valence-electron chi connectivity index (χ1n) is 7.00. The molecular formula is C13H25N3O. The zero-order chi connectivity index (χ0) is 12.1. The van der Waals surface area contributed by atoms with Crippen LogP contribution in [0.5, 0.6) is 0 Å². The van der Waals surface area contributed by atoms with Gasteiger partial charge in [-0.25, -0.2) is 0 Å². The van der Waals surface area contributed by atoms with E-state index in [1.165, 1.54) is 25.7 Å². The predicted molar refractivity (Wildman–Crippen MR) is 68.6 cm³/mol. The second-order valence-electron chi connectivity index (χ2n) is 5.38. The Morgan fingerprint density at radius 2 is 1.76 bits per heavy atom. The van der Waals surface area contributed by atoms with Crippen LogP contribution < -0.4 is 5.73 Å². The van der Waals surface area contributed by atoms with E-state index >= 15 is 0 Å². The molecule has 2 rings (SSSR count). The van der Waals surface area contributed by atoms with Crippen molar-refractivity contribution in [3.05, 3.63) is 0 Å². The molecule has 0 aromatic carbocycles. The number of amides is 1. The average molecular weight is 239 g/mol. The minimum Gasteiger partial charge on any atom is -0.342 e. The third-order valence-corrected chi connectivity index (χ3v) is 4.10. The molecule has 0 aromatic rings. The molecule has 0 spiro atoms. The molecule has 0 aliphatic carbocycles. The summed E-state index contributed by atoms with van der Waals surface area (Å²) in [7, 11) is 0. The molecule has 0 unspecified atom stereocenters. The molecule has 2 aliphatic rings. The second kappa shape index (κ2) is 6.36. The summed E-state index contributed by atoms with van der Waals surface area (Å²) in [5, 5.41) is 0. The molecule has 17 heavy (non-hydrogen) atoms. The lowest BCUT2D eigenvalue weighted by Gasteiger charge is -2.32. The highest BCUT2D eigenvalue weighted by molar-refractivity contribution is 5.78. The minimum atomic E-state index is 0.333. The van der Waals surface area contributed by atoms with Crippen LogP contribution in [0.4, 0.5) is 0 Å². The van der Waals surface area contributed by atoms with Gasteiger partial charge in [-0.3, -0.25) is 9.69 Å². The topological polar surface area (TPSA) is 49.6 Å². The van der Waals surface area contributed by atoms with Crippen molar-refractivity contribution in [2.75, 3.05) is 39.3 Å². The maximum absolute atomic E-state index is 12.0. The van der Waals surface area contributed by atoms with Gasteiger partial charge in [0, 0.05) is 13.1 Å². The summed E-state index contributed by atoms with van der Waals surface area (Å²) in [4.78, 5) is 16.3. The van der Waals surface area contributed by atoms with Crippen LogP contribution >= 0.6 is 0 Å². The van der Waals surface area contributed by atoms with E-state index in [2.05, 4.69) is 4.90 Å². The van der Waals surface area contributed by atoms with E-state index in [1.54, 1.807) is 0 Å². The van der Waals surface area contributed by atoms with Gasteiger partial charge in [-0.05, 0) is 57.7 Å². The fourth-order valence-electron chi connectivity index (χ4n) is 2.93. The Labute approximate surface area is 104 Å². The third kappa shape index (κ3) is 3.68. The summed E-state index contributed by atoms with van der Waals surface area (Å²) in [5.74, 6) is 1.12. The van der Waals surface area contributed by atoms with Crippen LogP contribution in [0.2, 0.25) is 0 Å². The number of carbonyl (C=O) groups excluding carboxylic acids is 1. The van der Waals surface area contributed by atoms with Crippen molar-refractivity contribution in [3.63, 3.8) is 0 Å². The zero-order valence-corrected chi connectivity index (χ0v) is 10.7. The number of nitrogens with zero attached hydrogens (tertiary/aromatic N) is 2. The first-order chi connectivity index (χ1) is 8.29. The van der Waals surface area contributed by atoms with Gasteiger partial charge in [-0.15, -0.1) is 0 Å². The Morgan fingerprint density at radius 3 is 2.35 bits per heavy atom. The Balaban J connectivity index is 1.68. The lowest BCUT2D eigenvalue weighted by atomic mass is 9.94. The molecule has 98 valence electrons. The number of likely N-dealkylation sites (tertiary alicyclic amines) is 2. The van der Waals surface area contributed by atoms with Crippen LogP contribution in [-0.2, 0) is 4.79 Å². The quantitative estimate of drug-likeness (QED) is 0.784. The molecule has 0 atom stereocenters. The molecular weight excluding hydrogens is 214 g/mol. The summed E-state index contributed by atoms with van der Waals surface area (Å²) < 4.78 is 0. The van der Waals surface area contributed by atoms with E-state index in [4.69, 9.17) is 5.73 Å². The van der Waals surface area contributed by atoms with Gasteiger partial charge in [0.25, 0.3) is 0 Å². The lowest BCUT2D eigenvalue weighted by molar-refractivity contribution is -0.131. The summed E-state index contributed by atoms with van der Waals surface area (Å²) in [6.45, 7) is 5.53. The van der Waals surface area contributed by atoms with Crippen LogP contribution in [0.25, 0.3) is 0 Å². The van der Waals surface area contributed by atoms with Gasteiger partial charge in [0.05, 0.1) is 6.54 Å². The molecule has 0 saturated carbocycles. The fraction of sp³-hybridized carbons (Fsp3) is 0.923. The molecule has 2 N–H and O–H groups in total. The smallest absolute Gasteiger partial charge is 0.236 e. The van der Waals surface area contributed by atoms with E-state index in [1.807, 2.05) is 4.90 Å². The van der Waals surface area contributed by atoms with Gasteiger partial charge < -0.3 is 10.6 Å². The number of hydrogen-bond donors (Lipinski definition) is 1. The highest BCUT2D eigenvalue weighted by Gasteiger charge is 2.23. The van der Waals surface area contributed by atoms with Crippen molar-refractivity contribution in [2.45, 2.75) is 32.1 Å². The lowest BCUT2D eigenvalue weighted by Crippen LogP contribution is -2.42. The largest absolute Gasteiger partial charge is 0.342 e. The molecule has 0 radical (unpaired) electrons. The maximum Gasteiger partial charge on any atom is 0.236 e. The van der Waals surface area contributed by atoms with Crippen molar-refractivity contribution in [2.24, 2.45) is 11.7 Å². The van der Waals surface area contributed by atoms with E-state index < -0.39 is 0 Å². The summed E-state index contributed by atoms with van der Waals surface area (Å²) in [5.41, 5.74) is 5.58. The molecule has 2 fully saturated rings. The van der Waals surface area contributed by atoms with E-state index in [9.17, 15) is 4.79 Å². The predicted octanol–water partition coefficient (Wildman–Crippen LogP) is 0.670. The minimum absolute atomic E-state index is 0.333. The van der Waals surface area contributed by atoms with Gasteiger partial charge in [-0.1, -0.05) is 0 Å². The number of rotatable bonds is 4.